The Bertz CT molecular complexity index is 564. The Kier molecular flexibility index (Phi) is 4.59. The normalized spacial score (nSPS) is 10.2. The summed E-state index contributed by atoms with van der Waals surface area (Å²) in [7, 11) is 0. The van der Waals surface area contributed by atoms with Crippen LogP contribution in [0.1, 0.15) is 15.4 Å². The van der Waals surface area contributed by atoms with E-state index in [0.717, 1.165) is 11.3 Å². The summed E-state index contributed by atoms with van der Waals surface area (Å²) in [5, 5.41) is 2.56. The van der Waals surface area contributed by atoms with Gasteiger partial charge in [-0.05, 0) is 24.3 Å². The van der Waals surface area contributed by atoms with Crippen LogP contribution < -0.4 is 5.32 Å². The van der Waals surface area contributed by atoms with E-state index in [4.69, 9.17) is 20.8 Å². The first kappa shape index (κ1) is 13.6. The zero-order valence-electron chi connectivity index (χ0n) is 9.72. The molecule has 0 aromatic carbocycles. The molecule has 0 aliphatic rings. The smallest absolute Gasteiger partial charge is 0.348 e. The summed E-state index contributed by atoms with van der Waals surface area (Å²) in [6.45, 7) is -0.0801. The topological polar surface area (TPSA) is 68.5 Å². The number of furan rings is 1. The molecule has 0 spiro atoms. The number of nitrogens with one attached hydrogen (secondary N) is 1. The molecule has 0 radical (unpaired) electrons. The van der Waals surface area contributed by atoms with Crippen LogP contribution in [-0.4, -0.2) is 18.5 Å². The number of carbonyl (C=O) groups is 2. The van der Waals surface area contributed by atoms with Crippen molar-refractivity contribution in [3.8, 4) is 0 Å². The third kappa shape index (κ3) is 4.11. The van der Waals surface area contributed by atoms with Crippen molar-refractivity contribution in [2.75, 3.05) is 6.61 Å². The molecule has 0 aliphatic heterocycles. The summed E-state index contributed by atoms with van der Waals surface area (Å²) in [4.78, 5) is 23.3. The lowest BCUT2D eigenvalue weighted by atomic mass is 10.4. The number of carbonyl (C=O) groups excluding carboxylic acids is 2. The zero-order valence-corrected chi connectivity index (χ0v) is 11.3. The molecule has 5 nitrogen and oxygen atoms in total. The fourth-order valence-electron chi connectivity index (χ4n) is 1.28. The lowest BCUT2D eigenvalue weighted by Crippen LogP contribution is -2.28. The van der Waals surface area contributed by atoms with Crippen LogP contribution in [0.15, 0.2) is 34.9 Å². The minimum Gasteiger partial charge on any atom is -0.467 e. The summed E-state index contributed by atoms with van der Waals surface area (Å²) < 4.78 is 10.4. The predicted octanol–water partition coefficient (Wildman–Crippen LogP) is 2.47. The third-order valence-electron chi connectivity index (χ3n) is 2.15. The molecule has 0 aliphatic carbocycles. The number of hydrogen-bond donors (Lipinski definition) is 1. The van der Waals surface area contributed by atoms with Gasteiger partial charge in [0.05, 0.1) is 17.1 Å². The molecule has 0 atom stereocenters. The Balaban J connectivity index is 1.73. The second kappa shape index (κ2) is 6.40. The van der Waals surface area contributed by atoms with Gasteiger partial charge in [-0.2, -0.15) is 0 Å². The van der Waals surface area contributed by atoms with Gasteiger partial charge in [0.1, 0.15) is 10.6 Å². The number of amides is 1. The maximum absolute atomic E-state index is 11.5. The highest BCUT2D eigenvalue weighted by molar-refractivity contribution is 7.17. The molecule has 2 aromatic rings. The minimum atomic E-state index is -0.565. The molecule has 100 valence electrons. The molecule has 0 fully saturated rings. The molecule has 0 saturated carbocycles. The van der Waals surface area contributed by atoms with E-state index in [0.29, 0.717) is 15.0 Å². The van der Waals surface area contributed by atoms with E-state index in [-0.39, 0.29) is 13.2 Å². The van der Waals surface area contributed by atoms with Crippen LogP contribution in [0.4, 0.5) is 0 Å². The Morgan fingerprint density at radius 2 is 2.21 bits per heavy atom. The van der Waals surface area contributed by atoms with E-state index in [1.807, 2.05) is 0 Å². The summed E-state index contributed by atoms with van der Waals surface area (Å²) in [6.07, 6.45) is 1.52. The maximum Gasteiger partial charge on any atom is 0.348 e. The summed E-state index contributed by atoms with van der Waals surface area (Å²) in [6, 6.07) is 6.61. The van der Waals surface area contributed by atoms with Gasteiger partial charge in [-0.25, -0.2) is 4.79 Å². The van der Waals surface area contributed by atoms with Crippen LogP contribution >= 0.6 is 22.9 Å². The summed E-state index contributed by atoms with van der Waals surface area (Å²) >= 11 is 6.80. The highest BCUT2D eigenvalue weighted by atomic mass is 35.5. The monoisotopic (exact) mass is 299 g/mol. The molecule has 2 heterocycles. The quantitative estimate of drug-likeness (QED) is 0.861. The van der Waals surface area contributed by atoms with Crippen molar-refractivity contribution in [2.24, 2.45) is 0 Å². The lowest BCUT2D eigenvalue weighted by Gasteiger charge is -2.04. The highest BCUT2D eigenvalue weighted by Gasteiger charge is 2.12. The Hall–Kier alpha value is -1.79. The average Bonchev–Trinajstić information content (AvgIpc) is 3.04. The molecule has 0 saturated heterocycles. The molecular formula is C12H10ClNO4S. The number of hydrogen-bond acceptors (Lipinski definition) is 5. The first-order valence-electron chi connectivity index (χ1n) is 5.36. The Labute approximate surface area is 118 Å². The van der Waals surface area contributed by atoms with Gasteiger partial charge in [0, 0.05) is 0 Å². The van der Waals surface area contributed by atoms with Crippen LogP contribution in [0, 0.1) is 0 Å². The van der Waals surface area contributed by atoms with Crippen molar-refractivity contribution in [3.05, 3.63) is 45.5 Å². The molecule has 1 N–H and O–H groups in total. The Morgan fingerprint density at radius 3 is 2.84 bits per heavy atom. The third-order valence-corrected chi connectivity index (χ3v) is 3.36. The number of halogens is 1. The average molecular weight is 300 g/mol. The molecule has 19 heavy (non-hydrogen) atoms. The van der Waals surface area contributed by atoms with E-state index in [1.165, 1.54) is 6.26 Å². The molecule has 2 rings (SSSR count). The highest BCUT2D eigenvalue weighted by Crippen LogP contribution is 2.21. The largest absolute Gasteiger partial charge is 0.467 e. The van der Waals surface area contributed by atoms with Gasteiger partial charge in [-0.1, -0.05) is 11.6 Å². The van der Waals surface area contributed by atoms with Crippen LogP contribution in [0.2, 0.25) is 4.34 Å². The fourth-order valence-corrected chi connectivity index (χ4v) is 2.21. The van der Waals surface area contributed by atoms with Gasteiger partial charge >= 0.3 is 5.97 Å². The summed E-state index contributed by atoms with van der Waals surface area (Å²) in [5.74, 6) is -0.331. The standard InChI is InChI=1S/C12H10ClNO4S/c13-10-4-3-9(19-10)12(16)18-7-11(15)14-6-8-2-1-5-17-8/h1-5H,6-7H2,(H,14,15). The number of ether oxygens (including phenoxy) is 1. The molecule has 7 heteroatoms. The molecule has 0 unspecified atom stereocenters. The number of rotatable bonds is 5. The lowest BCUT2D eigenvalue weighted by molar-refractivity contribution is -0.124. The minimum absolute atomic E-state index is 0.258. The van der Waals surface area contributed by atoms with Gasteiger partial charge in [-0.3, -0.25) is 4.79 Å². The van der Waals surface area contributed by atoms with Crippen molar-refractivity contribution in [1.82, 2.24) is 5.32 Å². The SMILES string of the molecule is O=C(COC(=O)c1ccc(Cl)s1)NCc1ccco1. The van der Waals surface area contributed by atoms with Crippen molar-refractivity contribution >= 4 is 34.8 Å². The van der Waals surface area contributed by atoms with Gasteiger partial charge in [0.2, 0.25) is 0 Å². The number of thiophene rings is 1. The zero-order chi connectivity index (χ0) is 13.7. The van der Waals surface area contributed by atoms with Gasteiger partial charge in [0.25, 0.3) is 5.91 Å². The van der Waals surface area contributed by atoms with E-state index in [9.17, 15) is 9.59 Å². The second-order valence-corrected chi connectivity index (χ2v) is 5.25. The summed E-state index contributed by atoms with van der Waals surface area (Å²) in [5.41, 5.74) is 0. The first-order valence-corrected chi connectivity index (χ1v) is 6.56. The van der Waals surface area contributed by atoms with Crippen molar-refractivity contribution in [1.29, 1.82) is 0 Å². The van der Waals surface area contributed by atoms with Gasteiger partial charge < -0.3 is 14.5 Å². The van der Waals surface area contributed by atoms with Crippen molar-refractivity contribution < 1.29 is 18.7 Å². The second-order valence-electron chi connectivity index (χ2n) is 3.54. The van der Waals surface area contributed by atoms with Crippen LogP contribution in [0.3, 0.4) is 0 Å². The van der Waals surface area contributed by atoms with Crippen molar-refractivity contribution in [3.63, 3.8) is 0 Å². The Morgan fingerprint density at radius 1 is 1.37 bits per heavy atom. The molecular weight excluding hydrogens is 290 g/mol. The van der Waals surface area contributed by atoms with Crippen molar-refractivity contribution in [2.45, 2.75) is 6.54 Å². The van der Waals surface area contributed by atoms with E-state index in [1.54, 1.807) is 24.3 Å². The predicted molar refractivity (Wildman–Crippen MR) is 70.2 cm³/mol. The van der Waals surface area contributed by atoms with Crippen LogP contribution in [0.25, 0.3) is 0 Å². The van der Waals surface area contributed by atoms with Crippen LogP contribution in [-0.2, 0) is 16.1 Å². The number of esters is 1. The first-order chi connectivity index (χ1) is 9.15. The fraction of sp³-hybridized carbons (Fsp3) is 0.167. The maximum atomic E-state index is 11.5. The van der Waals surface area contributed by atoms with Crippen LogP contribution in [0.5, 0.6) is 0 Å². The molecule has 0 bridgehead atoms. The molecule has 1 amide bonds. The van der Waals surface area contributed by atoms with E-state index in [2.05, 4.69) is 5.32 Å². The van der Waals surface area contributed by atoms with Gasteiger partial charge in [-0.15, -0.1) is 11.3 Å². The van der Waals surface area contributed by atoms with E-state index < -0.39 is 11.9 Å². The van der Waals surface area contributed by atoms with Gasteiger partial charge in [0.15, 0.2) is 6.61 Å². The van der Waals surface area contributed by atoms with E-state index >= 15 is 0 Å². The molecule has 2 aromatic heterocycles.